The maximum Gasteiger partial charge on any atom is 0.161 e. The monoisotopic (exact) mass is 389 g/mol. The number of nitriles is 1. The molecule has 1 heterocycles. The van der Waals surface area contributed by atoms with Crippen LogP contribution in [0.3, 0.4) is 0 Å². The number of rotatable bonds is 10. The Morgan fingerprint density at radius 3 is 2.50 bits per heavy atom. The summed E-state index contributed by atoms with van der Waals surface area (Å²) in [7, 11) is 1.64. The predicted molar refractivity (Wildman–Crippen MR) is 111 cm³/mol. The van der Waals surface area contributed by atoms with Gasteiger partial charge in [-0.25, -0.2) is 0 Å². The highest BCUT2D eigenvalue weighted by molar-refractivity contribution is 5.43. The summed E-state index contributed by atoms with van der Waals surface area (Å²) in [6.07, 6.45) is 1.28. The van der Waals surface area contributed by atoms with Crippen LogP contribution in [0.1, 0.15) is 39.2 Å². The molecule has 0 aromatic heterocycles. The summed E-state index contributed by atoms with van der Waals surface area (Å²) >= 11 is 0. The van der Waals surface area contributed by atoms with Crippen LogP contribution in [0.15, 0.2) is 18.2 Å². The third-order valence-corrected chi connectivity index (χ3v) is 5.66. The number of benzene rings is 1. The lowest BCUT2D eigenvalue weighted by Crippen LogP contribution is -2.37. The van der Waals surface area contributed by atoms with Crippen molar-refractivity contribution in [1.29, 1.82) is 5.26 Å². The molecule has 0 aliphatic carbocycles. The van der Waals surface area contributed by atoms with Crippen molar-refractivity contribution in [3.05, 3.63) is 23.8 Å². The molecule has 6 nitrogen and oxygen atoms in total. The number of hydrogen-bond donors (Lipinski definition) is 1. The van der Waals surface area contributed by atoms with E-state index >= 15 is 0 Å². The van der Waals surface area contributed by atoms with Gasteiger partial charge in [-0.2, -0.15) is 5.26 Å². The highest BCUT2D eigenvalue weighted by Gasteiger charge is 2.29. The van der Waals surface area contributed by atoms with Gasteiger partial charge in [0.15, 0.2) is 11.5 Å². The number of nitrogens with zero attached hydrogens (tertiary/aromatic N) is 3. The maximum atomic E-state index is 10.2. The second kappa shape index (κ2) is 10.7. The molecular formula is C22H35N3O3. The molecule has 1 N–H and O–H groups in total. The first-order chi connectivity index (χ1) is 13.4. The molecular weight excluding hydrogens is 354 g/mol. The normalized spacial score (nSPS) is 17.9. The van der Waals surface area contributed by atoms with E-state index in [4.69, 9.17) is 9.47 Å². The van der Waals surface area contributed by atoms with E-state index in [2.05, 4.69) is 29.7 Å². The van der Waals surface area contributed by atoms with Gasteiger partial charge in [0.2, 0.25) is 0 Å². The van der Waals surface area contributed by atoms with Gasteiger partial charge in [-0.05, 0) is 63.6 Å². The summed E-state index contributed by atoms with van der Waals surface area (Å²) in [6.45, 7) is 11.6. The Bertz CT molecular complexity index is 647. The maximum absolute atomic E-state index is 10.2. The lowest BCUT2D eigenvalue weighted by atomic mass is 9.82. The quantitative estimate of drug-likeness (QED) is 0.664. The van der Waals surface area contributed by atoms with E-state index in [9.17, 15) is 10.4 Å². The Balaban J connectivity index is 1.90. The Morgan fingerprint density at radius 1 is 1.25 bits per heavy atom. The lowest BCUT2D eigenvalue weighted by Gasteiger charge is -2.35. The molecule has 1 aliphatic rings. The van der Waals surface area contributed by atoms with E-state index in [1.54, 1.807) is 7.11 Å². The van der Waals surface area contributed by atoms with Crippen molar-refractivity contribution in [3.8, 4) is 17.6 Å². The van der Waals surface area contributed by atoms with Crippen molar-refractivity contribution in [2.45, 2.75) is 46.3 Å². The van der Waals surface area contributed by atoms with Gasteiger partial charge in [0, 0.05) is 13.1 Å². The summed E-state index contributed by atoms with van der Waals surface area (Å²) < 4.78 is 11.3. The fraction of sp³-hybridized carbons (Fsp3) is 0.682. The fourth-order valence-corrected chi connectivity index (χ4v) is 3.52. The molecule has 0 spiro atoms. The van der Waals surface area contributed by atoms with Crippen LogP contribution < -0.4 is 9.47 Å². The average molecular weight is 390 g/mol. The van der Waals surface area contributed by atoms with Crippen LogP contribution in [0.4, 0.5) is 0 Å². The molecule has 1 aromatic carbocycles. The number of aliphatic hydroxyl groups excluding tert-OH is 1. The molecule has 1 saturated heterocycles. The molecule has 156 valence electrons. The minimum absolute atomic E-state index is 0.183. The van der Waals surface area contributed by atoms with E-state index < -0.39 is 6.10 Å². The highest BCUT2D eigenvalue weighted by Crippen LogP contribution is 2.32. The SMILES string of the molecule is CCN(CC)CC(O)COc1ccc(CN2CCC(C)(C#N)CC2)cc1OC. The van der Waals surface area contributed by atoms with Gasteiger partial charge in [0.1, 0.15) is 12.7 Å². The molecule has 2 rings (SSSR count). The van der Waals surface area contributed by atoms with Crippen LogP contribution in [0.25, 0.3) is 0 Å². The first-order valence-electron chi connectivity index (χ1n) is 10.3. The van der Waals surface area contributed by atoms with Crippen LogP contribution in [-0.4, -0.2) is 67.5 Å². The second-order valence-corrected chi connectivity index (χ2v) is 7.88. The number of methoxy groups -OCH3 is 1. The largest absolute Gasteiger partial charge is 0.493 e. The van der Waals surface area contributed by atoms with Crippen LogP contribution in [0, 0.1) is 16.7 Å². The molecule has 28 heavy (non-hydrogen) atoms. The Hall–Kier alpha value is -1.81. The van der Waals surface area contributed by atoms with Gasteiger partial charge < -0.3 is 19.5 Å². The van der Waals surface area contributed by atoms with Crippen LogP contribution in [-0.2, 0) is 6.54 Å². The van der Waals surface area contributed by atoms with Gasteiger partial charge in [0.05, 0.1) is 18.6 Å². The molecule has 1 unspecified atom stereocenters. The van der Waals surface area contributed by atoms with Gasteiger partial charge >= 0.3 is 0 Å². The van der Waals surface area contributed by atoms with Crippen molar-refractivity contribution in [2.24, 2.45) is 5.41 Å². The van der Waals surface area contributed by atoms with Crippen molar-refractivity contribution in [2.75, 3.05) is 46.4 Å². The van der Waals surface area contributed by atoms with Crippen molar-refractivity contribution < 1.29 is 14.6 Å². The predicted octanol–water partition coefficient (Wildman–Crippen LogP) is 2.90. The highest BCUT2D eigenvalue weighted by atomic mass is 16.5. The van der Waals surface area contributed by atoms with E-state index in [1.807, 2.05) is 25.1 Å². The molecule has 0 radical (unpaired) electrons. The molecule has 1 aromatic rings. The smallest absolute Gasteiger partial charge is 0.161 e. The number of likely N-dealkylation sites (tertiary alicyclic amines) is 1. The van der Waals surface area contributed by atoms with Gasteiger partial charge in [0.25, 0.3) is 0 Å². The van der Waals surface area contributed by atoms with Gasteiger partial charge in [-0.1, -0.05) is 19.9 Å². The molecule has 1 aliphatic heterocycles. The standard InChI is InChI=1S/C22H35N3O3/c1-5-24(6-2)15-19(26)16-28-20-8-7-18(13-21(20)27-4)14-25-11-9-22(3,17-23)10-12-25/h7-8,13,19,26H,5-6,9-12,14-16H2,1-4H3. The van der Waals surface area contributed by atoms with Crippen LogP contribution >= 0.6 is 0 Å². The van der Waals surface area contributed by atoms with Crippen LogP contribution in [0.2, 0.25) is 0 Å². The first-order valence-corrected chi connectivity index (χ1v) is 10.3. The number of likely N-dealkylation sites (N-methyl/N-ethyl adjacent to an activating group) is 1. The number of piperidine rings is 1. The van der Waals surface area contributed by atoms with E-state index in [1.165, 1.54) is 0 Å². The number of aliphatic hydroxyl groups is 1. The molecule has 0 bridgehead atoms. The summed E-state index contributed by atoms with van der Waals surface area (Å²) in [6, 6.07) is 8.42. The summed E-state index contributed by atoms with van der Waals surface area (Å²) in [5.74, 6) is 1.34. The summed E-state index contributed by atoms with van der Waals surface area (Å²) in [5, 5.41) is 19.5. The minimum atomic E-state index is -0.535. The topological polar surface area (TPSA) is 69.0 Å². The lowest BCUT2D eigenvalue weighted by molar-refractivity contribution is 0.0705. The molecule has 1 atom stereocenters. The zero-order valence-corrected chi connectivity index (χ0v) is 17.8. The zero-order chi connectivity index (χ0) is 20.6. The Labute approximate surface area is 169 Å². The Kier molecular flexibility index (Phi) is 8.56. The number of hydrogen-bond acceptors (Lipinski definition) is 6. The van der Waals surface area contributed by atoms with Crippen molar-refractivity contribution >= 4 is 0 Å². The molecule has 0 amide bonds. The summed E-state index contributed by atoms with van der Waals surface area (Å²) in [4.78, 5) is 4.55. The van der Waals surface area contributed by atoms with Crippen LogP contribution in [0.5, 0.6) is 11.5 Å². The zero-order valence-electron chi connectivity index (χ0n) is 17.8. The van der Waals surface area contributed by atoms with E-state index in [0.29, 0.717) is 18.0 Å². The van der Waals surface area contributed by atoms with Gasteiger partial charge in [-0.3, -0.25) is 4.90 Å². The average Bonchev–Trinajstić information content (AvgIpc) is 2.72. The van der Waals surface area contributed by atoms with Gasteiger partial charge in [-0.15, -0.1) is 0 Å². The van der Waals surface area contributed by atoms with E-state index in [0.717, 1.165) is 51.1 Å². The third-order valence-electron chi connectivity index (χ3n) is 5.66. The second-order valence-electron chi connectivity index (χ2n) is 7.88. The summed E-state index contributed by atoms with van der Waals surface area (Å²) in [5.41, 5.74) is 0.978. The van der Waals surface area contributed by atoms with Crippen molar-refractivity contribution in [1.82, 2.24) is 9.80 Å². The number of ether oxygens (including phenoxy) is 2. The Morgan fingerprint density at radius 2 is 1.93 bits per heavy atom. The molecule has 1 fully saturated rings. The third kappa shape index (κ3) is 6.37. The molecule has 6 heteroatoms. The fourth-order valence-electron chi connectivity index (χ4n) is 3.52. The first kappa shape index (κ1) is 22.5. The molecule has 0 saturated carbocycles. The minimum Gasteiger partial charge on any atom is -0.493 e. The van der Waals surface area contributed by atoms with E-state index in [-0.39, 0.29) is 12.0 Å². The van der Waals surface area contributed by atoms with Crippen molar-refractivity contribution in [3.63, 3.8) is 0 Å².